The van der Waals surface area contributed by atoms with Crippen molar-refractivity contribution < 1.29 is 28.6 Å². The van der Waals surface area contributed by atoms with Crippen LogP contribution in [0.3, 0.4) is 0 Å². The number of methoxy groups -OCH3 is 1. The molecule has 0 atom stereocenters. The molecule has 34 heavy (non-hydrogen) atoms. The fourth-order valence-corrected chi connectivity index (χ4v) is 4.00. The summed E-state index contributed by atoms with van der Waals surface area (Å²) < 4.78 is 18.0. The lowest BCUT2D eigenvalue weighted by Crippen LogP contribution is -2.26. The molecule has 0 bridgehead atoms. The summed E-state index contributed by atoms with van der Waals surface area (Å²) in [6.07, 6.45) is 0.521. The summed E-state index contributed by atoms with van der Waals surface area (Å²) in [5, 5.41) is 0. The molecule has 2 aromatic rings. The number of carbonyl (C=O) groups is 3. The van der Waals surface area contributed by atoms with E-state index in [-0.39, 0.29) is 54.9 Å². The van der Waals surface area contributed by atoms with Crippen molar-refractivity contribution in [3.8, 4) is 5.75 Å². The zero-order valence-corrected chi connectivity index (χ0v) is 21.1. The zero-order chi connectivity index (χ0) is 24.8. The highest BCUT2D eigenvalue weighted by Crippen LogP contribution is 2.36. The number of Topliss-reactive ketones (excluding diaryl/α,β-unsaturated/α-hetero) is 2. The molecule has 7 heteroatoms. The lowest BCUT2D eigenvalue weighted by molar-refractivity contribution is -0.125. The fourth-order valence-electron chi connectivity index (χ4n) is 3.74. The van der Waals surface area contributed by atoms with Crippen LogP contribution in [-0.2, 0) is 25.7 Å². The fraction of sp³-hybridized carbons (Fsp3) is 0.296. The molecule has 6 nitrogen and oxygen atoms in total. The zero-order valence-electron chi connectivity index (χ0n) is 19.5. The van der Waals surface area contributed by atoms with Gasteiger partial charge in [-0.15, -0.1) is 0 Å². The number of ketones is 2. The van der Waals surface area contributed by atoms with Gasteiger partial charge in [-0.2, -0.15) is 0 Å². The lowest BCUT2D eigenvalue weighted by Gasteiger charge is -2.23. The molecule has 0 aromatic heterocycles. The minimum atomic E-state index is -0.503. The molecule has 0 spiro atoms. The van der Waals surface area contributed by atoms with Crippen molar-refractivity contribution in [3.63, 3.8) is 0 Å². The maximum Gasteiger partial charge on any atom is 0.338 e. The lowest BCUT2D eigenvalue weighted by atomic mass is 9.83. The van der Waals surface area contributed by atoms with E-state index in [1.807, 2.05) is 13.8 Å². The van der Waals surface area contributed by atoms with Crippen molar-refractivity contribution >= 4 is 39.2 Å². The maximum absolute atomic E-state index is 12.9. The summed E-state index contributed by atoms with van der Waals surface area (Å²) in [5.41, 5.74) is 2.18. The van der Waals surface area contributed by atoms with Crippen LogP contribution in [0.1, 0.15) is 48.2 Å². The molecule has 0 heterocycles. The first-order valence-corrected chi connectivity index (χ1v) is 11.7. The average molecular weight is 527 g/mol. The quantitative estimate of drug-likeness (QED) is 0.144. The van der Waals surface area contributed by atoms with Crippen LogP contribution in [0.15, 0.2) is 64.7 Å². The van der Waals surface area contributed by atoms with E-state index in [9.17, 15) is 14.4 Å². The van der Waals surface area contributed by atoms with Crippen LogP contribution < -0.4 is 4.74 Å². The van der Waals surface area contributed by atoms with Gasteiger partial charge in [0, 0.05) is 22.9 Å². The molecule has 1 aliphatic carbocycles. The molecular weight excluding hydrogens is 500 g/mol. The molecule has 1 fully saturated rings. The van der Waals surface area contributed by atoms with Crippen molar-refractivity contribution in [3.05, 3.63) is 81.4 Å². The minimum absolute atomic E-state index is 0.0208. The van der Waals surface area contributed by atoms with Crippen molar-refractivity contribution in [1.82, 2.24) is 0 Å². The molecule has 178 valence electrons. The van der Waals surface area contributed by atoms with E-state index in [2.05, 4.69) is 22.5 Å². The number of esters is 1. The summed E-state index contributed by atoms with van der Waals surface area (Å²) >= 11 is 3.34. The highest BCUT2D eigenvalue weighted by molar-refractivity contribution is 9.10. The smallest absolute Gasteiger partial charge is 0.338 e. The van der Waals surface area contributed by atoms with Crippen LogP contribution in [0, 0.1) is 5.92 Å². The third-order valence-electron chi connectivity index (χ3n) is 5.31. The van der Waals surface area contributed by atoms with Crippen LogP contribution in [0.25, 0.3) is 5.76 Å². The molecule has 0 radical (unpaired) electrons. The van der Waals surface area contributed by atoms with Gasteiger partial charge in [0.1, 0.15) is 30.3 Å². The number of halogens is 1. The Morgan fingerprint density at radius 2 is 1.74 bits per heavy atom. The molecule has 0 unspecified atom stereocenters. The van der Waals surface area contributed by atoms with Gasteiger partial charge < -0.3 is 14.2 Å². The van der Waals surface area contributed by atoms with Crippen LogP contribution in [0.2, 0.25) is 0 Å². The molecule has 2 aromatic carbocycles. The van der Waals surface area contributed by atoms with Gasteiger partial charge in [-0.3, -0.25) is 9.59 Å². The number of ether oxygens (including phenoxy) is 3. The molecule has 0 N–H and O–H groups in total. The van der Waals surface area contributed by atoms with Crippen LogP contribution in [0.5, 0.6) is 5.75 Å². The second-order valence-corrected chi connectivity index (χ2v) is 9.30. The Hall–Kier alpha value is -3.19. The van der Waals surface area contributed by atoms with Crippen molar-refractivity contribution in [2.24, 2.45) is 5.92 Å². The molecule has 0 saturated heterocycles. The summed E-state index contributed by atoms with van der Waals surface area (Å²) in [6.45, 7) is 7.69. The van der Waals surface area contributed by atoms with Gasteiger partial charge in [-0.1, -0.05) is 41.6 Å². The predicted molar refractivity (Wildman–Crippen MR) is 132 cm³/mol. The first-order chi connectivity index (χ1) is 16.2. The topological polar surface area (TPSA) is 78.9 Å². The van der Waals surface area contributed by atoms with Crippen LogP contribution >= 0.6 is 15.9 Å². The summed E-state index contributed by atoms with van der Waals surface area (Å²) in [5.74, 6) is -0.529. The largest absolute Gasteiger partial charge is 0.495 e. The first-order valence-electron chi connectivity index (χ1n) is 10.9. The maximum atomic E-state index is 12.9. The number of rotatable bonds is 8. The van der Waals surface area contributed by atoms with Crippen LogP contribution in [0.4, 0.5) is 0 Å². The van der Waals surface area contributed by atoms with Crippen molar-refractivity contribution in [2.75, 3.05) is 13.7 Å². The van der Waals surface area contributed by atoms with E-state index in [0.717, 1.165) is 10.0 Å². The van der Waals surface area contributed by atoms with Gasteiger partial charge in [0.15, 0.2) is 11.6 Å². The number of hydrogen-bond donors (Lipinski definition) is 0. The van der Waals surface area contributed by atoms with E-state index in [1.165, 1.54) is 7.11 Å². The number of carbonyl (C=O) groups excluding carboxylic acids is 3. The predicted octanol–water partition coefficient (Wildman–Crippen LogP) is 5.69. The Balaban J connectivity index is 2.04. The number of hydrogen-bond acceptors (Lipinski definition) is 6. The molecular formula is C27H27BrO6. The normalized spacial score (nSPS) is 15.6. The van der Waals surface area contributed by atoms with E-state index < -0.39 is 5.97 Å². The van der Waals surface area contributed by atoms with Crippen molar-refractivity contribution in [2.45, 2.75) is 33.3 Å². The van der Waals surface area contributed by atoms with Gasteiger partial charge >= 0.3 is 5.97 Å². The second kappa shape index (κ2) is 11.3. The van der Waals surface area contributed by atoms with Gasteiger partial charge in [0.2, 0.25) is 0 Å². The minimum Gasteiger partial charge on any atom is -0.495 e. The third kappa shape index (κ3) is 6.03. The Morgan fingerprint density at radius 1 is 1.09 bits per heavy atom. The Kier molecular flexibility index (Phi) is 8.45. The molecule has 1 aliphatic rings. The summed E-state index contributed by atoms with van der Waals surface area (Å²) in [4.78, 5) is 38.3. The monoisotopic (exact) mass is 526 g/mol. The molecule has 0 aliphatic heterocycles. The van der Waals surface area contributed by atoms with E-state index in [1.54, 1.807) is 42.5 Å². The Bertz CT molecular complexity index is 1130. The second-order valence-electron chi connectivity index (χ2n) is 8.39. The van der Waals surface area contributed by atoms with Crippen LogP contribution in [-0.4, -0.2) is 31.3 Å². The third-order valence-corrected chi connectivity index (χ3v) is 5.84. The number of benzene rings is 2. The van der Waals surface area contributed by atoms with E-state index in [0.29, 0.717) is 22.4 Å². The highest BCUT2D eigenvalue weighted by Gasteiger charge is 2.33. The van der Waals surface area contributed by atoms with Gasteiger partial charge in [0.25, 0.3) is 0 Å². The molecule has 1 saturated carbocycles. The Morgan fingerprint density at radius 3 is 2.32 bits per heavy atom. The van der Waals surface area contributed by atoms with Gasteiger partial charge in [0.05, 0.1) is 18.2 Å². The number of allylic oxidation sites excluding steroid dienone is 1. The van der Waals surface area contributed by atoms with E-state index in [4.69, 9.17) is 14.2 Å². The Labute approximate surface area is 207 Å². The highest BCUT2D eigenvalue weighted by atomic mass is 79.9. The molecule has 3 rings (SSSR count). The van der Waals surface area contributed by atoms with Crippen molar-refractivity contribution in [1.29, 1.82) is 0 Å². The summed E-state index contributed by atoms with van der Waals surface area (Å²) in [6, 6.07) is 12.0. The van der Waals surface area contributed by atoms with E-state index >= 15 is 0 Å². The SMILES string of the molecule is C=C(C)COc1cccc(COC(=O)c2ccc(Br)cc2)c1C(OC)=C1C(=O)CC(C)CC1=O. The van der Waals surface area contributed by atoms with Gasteiger partial charge in [-0.25, -0.2) is 4.79 Å². The molecule has 0 amide bonds. The first kappa shape index (κ1) is 25.4. The van der Waals surface area contributed by atoms with Gasteiger partial charge in [-0.05, 0) is 48.7 Å². The summed E-state index contributed by atoms with van der Waals surface area (Å²) in [7, 11) is 1.41. The standard InChI is InChI=1S/C27H27BrO6/c1-16(2)14-33-23-7-5-6-19(15-34-27(31)18-8-10-20(28)11-9-18)24(23)26(32-4)25-21(29)12-17(3)13-22(25)30/h5-11,17H,1,12-15H2,2-4H3. The average Bonchev–Trinajstić information content (AvgIpc) is 2.79.